The van der Waals surface area contributed by atoms with E-state index < -0.39 is 9.84 Å². The maximum absolute atomic E-state index is 12.5. The zero-order chi connectivity index (χ0) is 18.0. The predicted octanol–water partition coefficient (Wildman–Crippen LogP) is 2.24. The Morgan fingerprint density at radius 3 is 2.92 bits per heavy atom. The summed E-state index contributed by atoms with van der Waals surface area (Å²) in [6, 6.07) is 7.20. The Hall–Kier alpha value is -1.54. The van der Waals surface area contributed by atoms with E-state index >= 15 is 0 Å². The Morgan fingerprint density at radius 1 is 1.40 bits per heavy atom. The lowest BCUT2D eigenvalue weighted by Gasteiger charge is -2.17. The Labute approximate surface area is 153 Å². The molecule has 0 unspecified atom stereocenters. The van der Waals surface area contributed by atoms with Crippen molar-refractivity contribution < 1.29 is 13.2 Å². The predicted molar refractivity (Wildman–Crippen MR) is 103 cm³/mol. The molecule has 2 aliphatic heterocycles. The second-order valence-corrected chi connectivity index (χ2v) is 9.90. The van der Waals surface area contributed by atoms with E-state index in [1.807, 2.05) is 25.2 Å². The number of amidine groups is 1. The van der Waals surface area contributed by atoms with Crippen LogP contribution in [0.15, 0.2) is 29.3 Å². The number of anilines is 1. The summed E-state index contributed by atoms with van der Waals surface area (Å²) in [6.45, 7) is 2.84. The summed E-state index contributed by atoms with van der Waals surface area (Å²) >= 11 is 1.47. The van der Waals surface area contributed by atoms with Crippen LogP contribution in [0, 0.1) is 0 Å². The number of hydrogen-bond acceptors (Lipinski definition) is 6. The van der Waals surface area contributed by atoms with Crippen molar-refractivity contribution in [2.45, 2.75) is 31.1 Å². The average molecular weight is 382 g/mol. The minimum Gasteiger partial charge on any atom is -0.342 e. The third-order valence-corrected chi connectivity index (χ3v) is 7.51. The summed E-state index contributed by atoms with van der Waals surface area (Å²) in [5.74, 6) is 0.329. The van der Waals surface area contributed by atoms with Gasteiger partial charge in [-0.05, 0) is 24.6 Å². The number of thioether (sulfide) groups is 1. The monoisotopic (exact) mass is 381 g/mol. The molecule has 1 saturated heterocycles. The molecule has 0 radical (unpaired) electrons. The van der Waals surface area contributed by atoms with Crippen molar-refractivity contribution in [3.05, 3.63) is 29.8 Å². The highest BCUT2D eigenvalue weighted by Crippen LogP contribution is 2.34. The number of unbranched alkanes of at least 4 members (excludes halogenated alkanes) is 1. The maximum Gasteiger partial charge on any atom is 0.253 e. The molecule has 1 N–H and O–H groups in total. The van der Waals surface area contributed by atoms with Gasteiger partial charge in [0.1, 0.15) is 0 Å². The number of aliphatic imine (C=N–C) groups is 1. The lowest BCUT2D eigenvalue weighted by molar-refractivity contribution is 0.0793. The maximum atomic E-state index is 12.5. The van der Waals surface area contributed by atoms with E-state index in [1.54, 1.807) is 11.0 Å². The van der Waals surface area contributed by atoms with Gasteiger partial charge in [-0.2, -0.15) is 0 Å². The van der Waals surface area contributed by atoms with Crippen molar-refractivity contribution in [3.63, 3.8) is 0 Å². The molecule has 25 heavy (non-hydrogen) atoms. The minimum absolute atomic E-state index is 0.000997. The summed E-state index contributed by atoms with van der Waals surface area (Å²) in [4.78, 5) is 18.7. The number of sulfone groups is 1. The second-order valence-electron chi connectivity index (χ2n) is 6.52. The molecule has 0 bridgehead atoms. The zero-order valence-electron chi connectivity index (χ0n) is 14.4. The van der Waals surface area contributed by atoms with E-state index in [0.29, 0.717) is 5.56 Å². The fourth-order valence-corrected chi connectivity index (χ4v) is 6.66. The van der Waals surface area contributed by atoms with Crippen molar-refractivity contribution in [1.82, 2.24) is 4.90 Å². The highest BCUT2D eigenvalue weighted by atomic mass is 32.2. The van der Waals surface area contributed by atoms with Crippen LogP contribution in [0.3, 0.4) is 0 Å². The van der Waals surface area contributed by atoms with Crippen LogP contribution < -0.4 is 5.32 Å². The van der Waals surface area contributed by atoms with Gasteiger partial charge in [0.25, 0.3) is 5.91 Å². The highest BCUT2D eigenvalue weighted by molar-refractivity contribution is 8.15. The van der Waals surface area contributed by atoms with Gasteiger partial charge in [0.15, 0.2) is 15.0 Å². The van der Waals surface area contributed by atoms with Crippen molar-refractivity contribution in [3.8, 4) is 0 Å². The topological polar surface area (TPSA) is 78.8 Å². The SMILES string of the molecule is CCCCN(C)C(=O)c1cccc(NC2=N[C@H]3CS(=O)(=O)C[C@H]3S2)c1. The normalized spacial score (nSPS) is 23.8. The van der Waals surface area contributed by atoms with Crippen LogP contribution in [0.5, 0.6) is 0 Å². The van der Waals surface area contributed by atoms with Crippen LogP contribution in [0.25, 0.3) is 0 Å². The number of benzene rings is 1. The van der Waals surface area contributed by atoms with E-state index in [2.05, 4.69) is 17.2 Å². The molecule has 2 atom stereocenters. The van der Waals surface area contributed by atoms with Crippen LogP contribution in [-0.2, 0) is 9.84 Å². The minimum atomic E-state index is -2.94. The first kappa shape index (κ1) is 18.3. The van der Waals surface area contributed by atoms with Gasteiger partial charge in [-0.15, -0.1) is 0 Å². The number of hydrogen-bond donors (Lipinski definition) is 1. The van der Waals surface area contributed by atoms with Gasteiger partial charge in [-0.1, -0.05) is 31.2 Å². The highest BCUT2D eigenvalue weighted by Gasteiger charge is 2.42. The van der Waals surface area contributed by atoms with Crippen LogP contribution in [0.4, 0.5) is 5.69 Å². The number of nitrogens with zero attached hydrogens (tertiary/aromatic N) is 2. The van der Waals surface area contributed by atoms with Gasteiger partial charge >= 0.3 is 0 Å². The summed E-state index contributed by atoms with van der Waals surface area (Å²) < 4.78 is 23.2. The number of carbonyl (C=O) groups is 1. The first-order chi connectivity index (χ1) is 11.9. The molecule has 1 aromatic rings. The van der Waals surface area contributed by atoms with Gasteiger partial charge in [-0.25, -0.2) is 8.42 Å². The van der Waals surface area contributed by atoms with Crippen molar-refractivity contribution in [2.24, 2.45) is 4.99 Å². The van der Waals surface area contributed by atoms with Crippen molar-refractivity contribution in [1.29, 1.82) is 0 Å². The molecule has 1 amide bonds. The van der Waals surface area contributed by atoms with Crippen molar-refractivity contribution >= 4 is 38.4 Å². The Morgan fingerprint density at radius 2 is 2.20 bits per heavy atom. The zero-order valence-corrected chi connectivity index (χ0v) is 16.1. The number of carbonyl (C=O) groups excluding carboxylic acids is 1. The number of amides is 1. The molecule has 1 aromatic carbocycles. The van der Waals surface area contributed by atoms with Crippen LogP contribution in [0.2, 0.25) is 0 Å². The lowest BCUT2D eigenvalue weighted by atomic mass is 10.1. The molecule has 8 heteroatoms. The molecular formula is C17H23N3O3S2. The van der Waals surface area contributed by atoms with E-state index in [1.165, 1.54) is 11.8 Å². The Bertz CT molecular complexity index is 792. The first-order valence-electron chi connectivity index (χ1n) is 8.45. The number of rotatable bonds is 5. The molecule has 0 saturated carbocycles. The fourth-order valence-electron chi connectivity index (χ4n) is 2.99. The van der Waals surface area contributed by atoms with Gasteiger partial charge in [0.05, 0.1) is 17.5 Å². The Balaban J connectivity index is 1.66. The van der Waals surface area contributed by atoms with Gasteiger partial charge in [0.2, 0.25) is 0 Å². The smallest absolute Gasteiger partial charge is 0.253 e. The average Bonchev–Trinajstić information content (AvgIpc) is 3.04. The Kier molecular flexibility index (Phi) is 5.38. The van der Waals surface area contributed by atoms with Crippen LogP contribution in [0.1, 0.15) is 30.1 Å². The van der Waals surface area contributed by atoms with E-state index in [9.17, 15) is 13.2 Å². The van der Waals surface area contributed by atoms with E-state index in [4.69, 9.17) is 0 Å². The van der Waals surface area contributed by atoms with Crippen LogP contribution in [-0.4, -0.2) is 60.8 Å². The number of nitrogens with one attached hydrogen (secondary N) is 1. The number of fused-ring (bicyclic) bond motifs is 1. The van der Waals surface area contributed by atoms with Gasteiger partial charge in [-0.3, -0.25) is 9.79 Å². The molecule has 6 nitrogen and oxygen atoms in total. The first-order valence-corrected chi connectivity index (χ1v) is 11.2. The molecule has 0 aliphatic carbocycles. The lowest BCUT2D eigenvalue weighted by Crippen LogP contribution is -2.27. The largest absolute Gasteiger partial charge is 0.342 e. The fraction of sp³-hybridized carbons (Fsp3) is 0.529. The van der Waals surface area contributed by atoms with E-state index in [-0.39, 0.29) is 28.7 Å². The summed E-state index contributed by atoms with van der Waals surface area (Å²) in [7, 11) is -1.13. The molecule has 3 rings (SSSR count). The van der Waals surface area contributed by atoms with Crippen LogP contribution >= 0.6 is 11.8 Å². The third-order valence-electron chi connectivity index (χ3n) is 4.37. The summed E-state index contributed by atoms with van der Waals surface area (Å²) in [5.41, 5.74) is 1.43. The van der Waals surface area contributed by atoms with Gasteiger partial charge < -0.3 is 10.2 Å². The molecule has 136 valence electrons. The molecule has 0 spiro atoms. The van der Waals surface area contributed by atoms with E-state index in [0.717, 1.165) is 30.2 Å². The van der Waals surface area contributed by atoms with Crippen molar-refractivity contribution in [2.75, 3.05) is 30.4 Å². The molecule has 0 aromatic heterocycles. The quantitative estimate of drug-likeness (QED) is 0.846. The summed E-state index contributed by atoms with van der Waals surface area (Å²) in [6.07, 6.45) is 2.04. The molecule has 2 heterocycles. The molecule has 2 aliphatic rings. The molecular weight excluding hydrogens is 358 g/mol. The second kappa shape index (κ2) is 7.37. The van der Waals surface area contributed by atoms with Gasteiger partial charge in [0, 0.05) is 30.1 Å². The molecule has 1 fully saturated rings. The third kappa shape index (κ3) is 4.36. The standard InChI is InChI=1S/C17H23N3O3S2/c1-3-4-8-20(2)16(21)12-6-5-7-13(9-12)18-17-19-14-10-25(22,23)11-15(14)24-17/h5-7,9,14-15H,3-4,8,10-11H2,1-2H3,(H,18,19)/t14-,15+/m0/s1. The summed E-state index contributed by atoms with van der Waals surface area (Å²) in [5, 5.41) is 3.96.